The molecule has 0 saturated carbocycles. The minimum Gasteiger partial charge on any atom is -0.393 e. The van der Waals surface area contributed by atoms with Gasteiger partial charge in [0.05, 0.1) is 24.0 Å². The number of hydrogen-bond acceptors (Lipinski definition) is 4. The Bertz CT molecular complexity index is 796. The van der Waals surface area contributed by atoms with Crippen LogP contribution < -0.4 is 4.90 Å². The standard InChI is InChI=1S/C21H22N2O2S/c24-16-11-14-9-10-15(12-16)22(14)13-21(25)23-17-5-1-3-7-19(17)26-20-8-4-2-6-18(20)23/h1-8,14-16,24H,9-13H2/t14-,15+,16?. The van der Waals surface area contributed by atoms with Crippen molar-refractivity contribution in [2.45, 2.75) is 53.7 Å². The number of fused-ring (bicyclic) bond motifs is 4. The number of aliphatic hydroxyl groups is 1. The molecule has 3 atom stereocenters. The van der Waals surface area contributed by atoms with Gasteiger partial charge in [-0.15, -0.1) is 0 Å². The minimum absolute atomic E-state index is 0.124. The van der Waals surface area contributed by atoms with Crippen LogP contribution in [0.15, 0.2) is 58.3 Å². The van der Waals surface area contributed by atoms with Crippen LogP contribution in [0.5, 0.6) is 0 Å². The van der Waals surface area contributed by atoms with Gasteiger partial charge in [-0.25, -0.2) is 0 Å². The van der Waals surface area contributed by atoms with E-state index in [1.807, 2.05) is 41.3 Å². The maximum absolute atomic E-state index is 13.4. The second-order valence-electron chi connectivity index (χ2n) is 7.45. The van der Waals surface area contributed by atoms with Gasteiger partial charge in [-0.05, 0) is 49.9 Å². The Morgan fingerprint density at radius 1 is 0.962 bits per heavy atom. The monoisotopic (exact) mass is 366 g/mol. The molecule has 3 aliphatic rings. The van der Waals surface area contributed by atoms with Gasteiger partial charge in [0, 0.05) is 21.9 Å². The number of para-hydroxylation sites is 2. The molecule has 0 aliphatic carbocycles. The highest BCUT2D eigenvalue weighted by Gasteiger charge is 2.42. The van der Waals surface area contributed by atoms with E-state index in [0.29, 0.717) is 18.6 Å². The van der Waals surface area contributed by atoms with E-state index in [0.717, 1.165) is 46.8 Å². The molecular weight excluding hydrogens is 344 g/mol. The molecule has 2 aromatic rings. The molecule has 3 aliphatic heterocycles. The van der Waals surface area contributed by atoms with E-state index in [1.165, 1.54) is 0 Å². The van der Waals surface area contributed by atoms with Crippen LogP contribution in [0.1, 0.15) is 25.7 Å². The maximum Gasteiger partial charge on any atom is 0.245 e. The molecule has 0 spiro atoms. The molecule has 26 heavy (non-hydrogen) atoms. The number of benzene rings is 2. The first kappa shape index (κ1) is 16.4. The summed E-state index contributed by atoms with van der Waals surface area (Å²) in [6.45, 7) is 0.426. The molecule has 2 saturated heterocycles. The van der Waals surface area contributed by atoms with Gasteiger partial charge in [-0.1, -0.05) is 36.0 Å². The van der Waals surface area contributed by atoms with Gasteiger partial charge >= 0.3 is 0 Å². The van der Waals surface area contributed by atoms with Crippen LogP contribution >= 0.6 is 11.8 Å². The average Bonchev–Trinajstić information content (AvgIpc) is 2.88. The molecule has 2 fully saturated rings. The third kappa shape index (κ3) is 2.66. The second kappa shape index (κ2) is 6.41. The first-order valence-corrected chi connectivity index (χ1v) is 10.1. The Balaban J connectivity index is 1.47. The zero-order chi connectivity index (χ0) is 17.7. The summed E-state index contributed by atoms with van der Waals surface area (Å²) in [5.74, 6) is 0.124. The number of carbonyl (C=O) groups is 1. The maximum atomic E-state index is 13.4. The van der Waals surface area contributed by atoms with Crippen LogP contribution in [0.25, 0.3) is 0 Å². The van der Waals surface area contributed by atoms with Crippen LogP contribution in [0, 0.1) is 0 Å². The number of piperidine rings is 1. The summed E-state index contributed by atoms with van der Waals surface area (Å²) in [5, 5.41) is 10.0. The summed E-state index contributed by atoms with van der Waals surface area (Å²) in [4.78, 5) is 19.9. The fraction of sp³-hybridized carbons (Fsp3) is 0.381. The number of nitrogens with zero attached hydrogens (tertiary/aromatic N) is 2. The molecule has 1 N–H and O–H groups in total. The largest absolute Gasteiger partial charge is 0.393 e. The van der Waals surface area contributed by atoms with Crippen molar-refractivity contribution in [2.24, 2.45) is 0 Å². The van der Waals surface area contributed by atoms with Gasteiger partial charge in [0.25, 0.3) is 0 Å². The summed E-state index contributed by atoms with van der Waals surface area (Å²) in [7, 11) is 0. The summed E-state index contributed by atoms with van der Waals surface area (Å²) in [6, 6.07) is 16.9. The Morgan fingerprint density at radius 2 is 1.50 bits per heavy atom. The fourth-order valence-corrected chi connectivity index (χ4v) is 5.76. The summed E-state index contributed by atoms with van der Waals surface area (Å²) in [6.07, 6.45) is 3.59. The van der Waals surface area contributed by atoms with Gasteiger partial charge in [0.15, 0.2) is 0 Å². The lowest BCUT2D eigenvalue weighted by atomic mass is 10.00. The Labute approximate surface area is 157 Å². The number of rotatable bonds is 2. The number of anilines is 2. The van der Waals surface area contributed by atoms with Crippen molar-refractivity contribution in [1.29, 1.82) is 0 Å². The number of amides is 1. The molecule has 0 radical (unpaired) electrons. The molecule has 134 valence electrons. The van der Waals surface area contributed by atoms with Gasteiger partial charge in [-0.3, -0.25) is 14.6 Å². The Morgan fingerprint density at radius 3 is 2.08 bits per heavy atom. The third-order valence-corrected chi connectivity index (χ3v) is 6.99. The molecule has 2 aromatic carbocycles. The SMILES string of the molecule is O=C(CN1[C@@H]2CC[C@H]1CC(O)C2)N1c2ccccc2Sc2ccccc21. The van der Waals surface area contributed by atoms with E-state index >= 15 is 0 Å². The van der Waals surface area contributed by atoms with Crippen LogP contribution in [-0.4, -0.2) is 40.6 Å². The predicted octanol–water partition coefficient (Wildman–Crippen LogP) is 3.80. The number of aliphatic hydroxyl groups excluding tert-OH is 1. The highest BCUT2D eigenvalue weighted by atomic mass is 32.2. The molecule has 5 rings (SSSR count). The highest BCUT2D eigenvalue weighted by molar-refractivity contribution is 7.99. The molecule has 1 amide bonds. The zero-order valence-electron chi connectivity index (χ0n) is 14.5. The quantitative estimate of drug-likeness (QED) is 0.878. The lowest BCUT2D eigenvalue weighted by molar-refractivity contribution is -0.120. The highest BCUT2D eigenvalue weighted by Crippen LogP contribution is 2.48. The van der Waals surface area contributed by atoms with E-state index in [4.69, 9.17) is 0 Å². The van der Waals surface area contributed by atoms with Gasteiger partial charge in [-0.2, -0.15) is 0 Å². The molecule has 2 bridgehead atoms. The van der Waals surface area contributed by atoms with Crippen LogP contribution in [-0.2, 0) is 4.79 Å². The molecule has 5 heteroatoms. The normalized spacial score (nSPS) is 27.1. The Kier molecular flexibility index (Phi) is 4.03. The lowest BCUT2D eigenvalue weighted by Gasteiger charge is -2.38. The smallest absolute Gasteiger partial charge is 0.245 e. The van der Waals surface area contributed by atoms with Crippen molar-refractivity contribution < 1.29 is 9.90 Å². The predicted molar refractivity (Wildman–Crippen MR) is 103 cm³/mol. The van der Waals surface area contributed by atoms with Gasteiger partial charge < -0.3 is 5.11 Å². The molecule has 4 nitrogen and oxygen atoms in total. The van der Waals surface area contributed by atoms with Crippen LogP contribution in [0.4, 0.5) is 11.4 Å². The summed E-state index contributed by atoms with van der Waals surface area (Å²) < 4.78 is 0. The van der Waals surface area contributed by atoms with Gasteiger partial charge in [0.1, 0.15) is 0 Å². The van der Waals surface area contributed by atoms with Crippen molar-refractivity contribution in [3.63, 3.8) is 0 Å². The van der Waals surface area contributed by atoms with E-state index in [2.05, 4.69) is 17.0 Å². The lowest BCUT2D eigenvalue weighted by Crippen LogP contribution is -2.49. The first-order valence-electron chi connectivity index (χ1n) is 9.33. The van der Waals surface area contributed by atoms with Crippen LogP contribution in [0.2, 0.25) is 0 Å². The Hall–Kier alpha value is -1.82. The minimum atomic E-state index is -0.202. The summed E-state index contributed by atoms with van der Waals surface area (Å²) in [5.41, 5.74) is 1.95. The molecular formula is C21H22N2O2S. The van der Waals surface area contributed by atoms with Crippen LogP contribution in [0.3, 0.4) is 0 Å². The number of carbonyl (C=O) groups excluding carboxylic acids is 1. The molecule has 1 unspecified atom stereocenters. The van der Waals surface area contributed by atoms with Crippen molar-refractivity contribution in [3.05, 3.63) is 48.5 Å². The summed E-state index contributed by atoms with van der Waals surface area (Å²) >= 11 is 1.72. The fourth-order valence-electron chi connectivity index (χ4n) is 4.70. The van der Waals surface area contributed by atoms with Crippen molar-refractivity contribution >= 4 is 29.0 Å². The zero-order valence-corrected chi connectivity index (χ0v) is 15.4. The average molecular weight is 366 g/mol. The third-order valence-electron chi connectivity index (χ3n) is 5.86. The number of hydrogen-bond donors (Lipinski definition) is 1. The van der Waals surface area contributed by atoms with E-state index in [1.54, 1.807) is 11.8 Å². The first-order chi connectivity index (χ1) is 12.7. The molecule has 3 heterocycles. The molecule has 0 aromatic heterocycles. The van der Waals surface area contributed by atoms with Crippen molar-refractivity contribution in [1.82, 2.24) is 4.90 Å². The van der Waals surface area contributed by atoms with Crippen molar-refractivity contribution in [3.8, 4) is 0 Å². The van der Waals surface area contributed by atoms with Crippen molar-refractivity contribution in [2.75, 3.05) is 11.4 Å². The van der Waals surface area contributed by atoms with E-state index in [9.17, 15) is 9.90 Å². The van der Waals surface area contributed by atoms with E-state index < -0.39 is 0 Å². The second-order valence-corrected chi connectivity index (χ2v) is 8.53. The topological polar surface area (TPSA) is 43.8 Å². The van der Waals surface area contributed by atoms with E-state index in [-0.39, 0.29) is 12.0 Å². The van der Waals surface area contributed by atoms with Gasteiger partial charge in [0.2, 0.25) is 5.91 Å².